The van der Waals surface area contributed by atoms with E-state index in [0.717, 1.165) is 0 Å². The van der Waals surface area contributed by atoms with Gasteiger partial charge in [0.1, 0.15) is 12.7 Å². The molecule has 1 heterocycles. The Labute approximate surface area is 128 Å². The van der Waals surface area contributed by atoms with Crippen molar-refractivity contribution >= 4 is 11.9 Å². The number of aliphatic carboxylic acids is 1. The number of carboxylic acids is 1. The molecule has 0 radical (unpaired) electrons. The Kier molecular flexibility index (Phi) is 3.47. The molecular formula is C16H19NO5. The van der Waals surface area contributed by atoms with Crippen molar-refractivity contribution < 1.29 is 24.2 Å². The van der Waals surface area contributed by atoms with Gasteiger partial charge in [-0.3, -0.25) is 9.59 Å². The molecule has 1 saturated carbocycles. The quantitative estimate of drug-likeness (QED) is 0.876. The second-order valence-corrected chi connectivity index (χ2v) is 6.36. The zero-order valence-corrected chi connectivity index (χ0v) is 12.5. The van der Waals surface area contributed by atoms with Crippen LogP contribution < -0.4 is 14.8 Å². The first-order chi connectivity index (χ1) is 10.4. The van der Waals surface area contributed by atoms with Crippen LogP contribution in [0, 0.1) is 17.3 Å². The standard InChI is InChI=1S/C16H19NO5/c1-16(2)12(13(16)15(19)20)14(18)17-7-9-8-21-10-5-3-4-6-11(10)22-9/h3-6,9,12-13H,7-8H2,1-2H3,(H,17,18)(H,19,20). The Balaban J connectivity index is 1.54. The first-order valence-corrected chi connectivity index (χ1v) is 7.30. The van der Waals surface area contributed by atoms with Crippen molar-refractivity contribution in [3.05, 3.63) is 24.3 Å². The van der Waals surface area contributed by atoms with Gasteiger partial charge in [0.05, 0.1) is 18.4 Å². The Morgan fingerprint density at radius 1 is 1.27 bits per heavy atom. The lowest BCUT2D eigenvalue weighted by atomic mass is 10.1. The minimum absolute atomic E-state index is 0.236. The van der Waals surface area contributed by atoms with Crippen molar-refractivity contribution in [3.63, 3.8) is 0 Å². The zero-order valence-electron chi connectivity index (χ0n) is 12.5. The Morgan fingerprint density at radius 2 is 1.95 bits per heavy atom. The molecule has 1 amide bonds. The molecule has 3 atom stereocenters. The van der Waals surface area contributed by atoms with Gasteiger partial charge in [0.25, 0.3) is 0 Å². The van der Waals surface area contributed by atoms with E-state index < -0.39 is 23.2 Å². The molecule has 1 aliphatic carbocycles. The first kappa shape index (κ1) is 14.7. The second kappa shape index (κ2) is 5.19. The van der Waals surface area contributed by atoms with Crippen LogP contribution in [0.15, 0.2) is 24.3 Å². The minimum Gasteiger partial charge on any atom is -0.486 e. The van der Waals surface area contributed by atoms with Gasteiger partial charge in [-0.1, -0.05) is 26.0 Å². The molecule has 1 aromatic carbocycles. The summed E-state index contributed by atoms with van der Waals surface area (Å²) in [5, 5.41) is 11.9. The average Bonchev–Trinajstić information content (AvgIpc) is 3.07. The highest BCUT2D eigenvalue weighted by Crippen LogP contribution is 2.58. The van der Waals surface area contributed by atoms with Crippen molar-refractivity contribution in [1.82, 2.24) is 5.32 Å². The average molecular weight is 305 g/mol. The van der Waals surface area contributed by atoms with Crippen molar-refractivity contribution in [2.24, 2.45) is 17.3 Å². The van der Waals surface area contributed by atoms with Crippen LogP contribution in [0.25, 0.3) is 0 Å². The van der Waals surface area contributed by atoms with Crippen molar-refractivity contribution in [2.75, 3.05) is 13.2 Å². The van der Waals surface area contributed by atoms with Gasteiger partial charge in [-0.15, -0.1) is 0 Å². The molecule has 22 heavy (non-hydrogen) atoms. The molecule has 1 fully saturated rings. The molecular weight excluding hydrogens is 286 g/mol. The summed E-state index contributed by atoms with van der Waals surface area (Å²) in [5.41, 5.74) is -0.494. The SMILES string of the molecule is CC1(C)C(C(=O)O)C1C(=O)NCC1COc2ccccc2O1. The summed E-state index contributed by atoms with van der Waals surface area (Å²) in [6.45, 7) is 4.25. The highest BCUT2D eigenvalue weighted by molar-refractivity contribution is 5.91. The number of carbonyl (C=O) groups excluding carboxylic acids is 1. The molecule has 6 heteroatoms. The minimum atomic E-state index is -0.920. The number of hydrogen-bond acceptors (Lipinski definition) is 4. The third-order valence-corrected chi connectivity index (χ3v) is 4.45. The number of fused-ring (bicyclic) bond motifs is 1. The highest BCUT2D eigenvalue weighted by atomic mass is 16.6. The van der Waals surface area contributed by atoms with Gasteiger partial charge in [0.15, 0.2) is 11.5 Å². The molecule has 3 rings (SSSR count). The third kappa shape index (κ3) is 2.49. The Morgan fingerprint density at radius 3 is 2.59 bits per heavy atom. The molecule has 6 nitrogen and oxygen atoms in total. The number of hydrogen-bond donors (Lipinski definition) is 2. The molecule has 0 spiro atoms. The van der Waals surface area contributed by atoms with Crippen molar-refractivity contribution in [3.8, 4) is 11.5 Å². The van der Waals surface area contributed by atoms with E-state index in [2.05, 4.69) is 5.32 Å². The molecule has 1 aliphatic heterocycles. The fourth-order valence-electron chi connectivity index (χ4n) is 3.08. The van der Waals surface area contributed by atoms with E-state index in [9.17, 15) is 9.59 Å². The summed E-state index contributed by atoms with van der Waals surface area (Å²) < 4.78 is 11.3. The van der Waals surface area contributed by atoms with Gasteiger partial charge < -0.3 is 19.9 Å². The van der Waals surface area contributed by atoms with Crippen molar-refractivity contribution in [2.45, 2.75) is 20.0 Å². The second-order valence-electron chi connectivity index (χ2n) is 6.36. The fourth-order valence-corrected chi connectivity index (χ4v) is 3.08. The van der Waals surface area contributed by atoms with Crippen LogP contribution in [0.3, 0.4) is 0 Å². The lowest BCUT2D eigenvalue weighted by Gasteiger charge is -2.26. The maximum absolute atomic E-state index is 12.2. The zero-order chi connectivity index (χ0) is 15.9. The van der Waals surface area contributed by atoms with E-state index in [0.29, 0.717) is 24.7 Å². The van der Waals surface area contributed by atoms with Crippen LogP contribution in [0.1, 0.15) is 13.8 Å². The number of carboxylic acid groups (broad SMARTS) is 1. The van der Waals surface area contributed by atoms with Crippen molar-refractivity contribution in [1.29, 1.82) is 0 Å². The van der Waals surface area contributed by atoms with E-state index >= 15 is 0 Å². The van der Waals surface area contributed by atoms with E-state index in [1.807, 2.05) is 24.3 Å². The molecule has 118 valence electrons. The number of ether oxygens (including phenoxy) is 2. The molecule has 0 saturated heterocycles. The maximum atomic E-state index is 12.2. The smallest absolute Gasteiger partial charge is 0.307 e. The number of para-hydroxylation sites is 2. The molecule has 3 unspecified atom stereocenters. The van der Waals surface area contributed by atoms with Crippen LogP contribution in [-0.2, 0) is 9.59 Å². The van der Waals surface area contributed by atoms with E-state index in [-0.39, 0.29) is 12.0 Å². The predicted molar refractivity (Wildman–Crippen MR) is 77.8 cm³/mol. The number of amides is 1. The topological polar surface area (TPSA) is 84.9 Å². The van der Waals surface area contributed by atoms with Gasteiger partial charge in [-0.25, -0.2) is 0 Å². The molecule has 0 aromatic heterocycles. The van der Waals surface area contributed by atoms with Crippen LogP contribution in [-0.4, -0.2) is 36.2 Å². The van der Waals surface area contributed by atoms with Crippen LogP contribution in [0.2, 0.25) is 0 Å². The molecule has 1 aromatic rings. The van der Waals surface area contributed by atoms with Gasteiger partial charge in [0, 0.05) is 0 Å². The van der Waals surface area contributed by atoms with E-state index in [1.165, 1.54) is 0 Å². The molecule has 2 aliphatic rings. The maximum Gasteiger partial charge on any atom is 0.307 e. The van der Waals surface area contributed by atoms with Crippen LogP contribution >= 0.6 is 0 Å². The van der Waals surface area contributed by atoms with Crippen LogP contribution in [0.4, 0.5) is 0 Å². The number of carbonyl (C=O) groups is 2. The lowest BCUT2D eigenvalue weighted by Crippen LogP contribution is -2.41. The van der Waals surface area contributed by atoms with Gasteiger partial charge in [-0.05, 0) is 17.5 Å². The van der Waals surface area contributed by atoms with Gasteiger partial charge >= 0.3 is 5.97 Å². The summed E-state index contributed by atoms with van der Waals surface area (Å²) in [6, 6.07) is 7.36. The van der Waals surface area contributed by atoms with E-state index in [4.69, 9.17) is 14.6 Å². The number of nitrogens with one attached hydrogen (secondary N) is 1. The number of rotatable bonds is 4. The Hall–Kier alpha value is -2.24. The molecule has 0 bridgehead atoms. The number of benzene rings is 1. The predicted octanol–water partition coefficient (Wildman–Crippen LogP) is 1.30. The summed E-state index contributed by atoms with van der Waals surface area (Å²) in [5.74, 6) is -0.905. The summed E-state index contributed by atoms with van der Waals surface area (Å²) in [4.78, 5) is 23.3. The monoisotopic (exact) mass is 305 g/mol. The van der Waals surface area contributed by atoms with Gasteiger partial charge in [0.2, 0.25) is 5.91 Å². The normalized spacial score (nSPS) is 27.8. The summed E-state index contributed by atoms with van der Waals surface area (Å²) in [7, 11) is 0. The highest BCUT2D eigenvalue weighted by Gasteiger charge is 2.65. The van der Waals surface area contributed by atoms with Crippen LogP contribution in [0.5, 0.6) is 11.5 Å². The summed E-state index contributed by atoms with van der Waals surface area (Å²) in [6.07, 6.45) is -0.274. The lowest BCUT2D eigenvalue weighted by molar-refractivity contribution is -0.140. The largest absolute Gasteiger partial charge is 0.486 e. The Bertz CT molecular complexity index is 612. The third-order valence-electron chi connectivity index (χ3n) is 4.45. The summed E-state index contributed by atoms with van der Waals surface area (Å²) >= 11 is 0. The molecule has 2 N–H and O–H groups in total. The van der Waals surface area contributed by atoms with Gasteiger partial charge in [-0.2, -0.15) is 0 Å². The fraction of sp³-hybridized carbons (Fsp3) is 0.500. The first-order valence-electron chi connectivity index (χ1n) is 7.30. The van der Waals surface area contributed by atoms with E-state index in [1.54, 1.807) is 13.8 Å².